The standard InChI is InChI=1S/C61H95Si.3ClH.Ti/c1-9-15-21-27-33-52-41-53(34-28-22-16-10-2)45-58(44-52)62(61-40-50(7)39-51(61)8,59-46-54(35-29-23-17-11-3)42-55(47-59)36-30-24-18-12-4)60-48-56(37-31-25-19-13-5)43-57(49-60)38-32-26-20-14-6;;;;/h41-49H,9-38,40H2,1-8H3;3*1H;/q-1;;;;+4/p-3. The molecule has 0 saturated heterocycles. The van der Waals surface area contributed by atoms with Gasteiger partial charge in [-0.25, -0.2) is 16.8 Å². The third-order valence-electron chi connectivity index (χ3n) is 14.1. The molecular weight excluding hydrogens is 915 g/mol. The van der Waals surface area contributed by atoms with Gasteiger partial charge in [0.15, 0.2) is 0 Å². The van der Waals surface area contributed by atoms with Crippen LogP contribution in [0.15, 0.2) is 70.9 Å². The van der Waals surface area contributed by atoms with E-state index in [0.717, 1.165) is 6.42 Å². The summed E-state index contributed by atoms with van der Waals surface area (Å²) >= 11 is 0. The van der Waals surface area contributed by atoms with Crippen LogP contribution in [-0.4, -0.2) is 8.07 Å². The SMILES string of the molecule is CCCCCCc1cc(CCCCCC)cc([Si](C2=C(C)[C-]=C(C)C2)(c2cc(CCCCCC)cc(CCCCCC)c2)c2cc(CCCCCC)cc(CCCCCC)c2)c1.[Cl-].[Cl-].[Cl-].[Ti+4]. The van der Waals surface area contributed by atoms with E-state index >= 15 is 0 Å². The maximum Gasteiger partial charge on any atom is 4.00 e. The average molecular weight is 1010 g/mol. The molecule has 368 valence electrons. The minimum absolute atomic E-state index is 0. The van der Waals surface area contributed by atoms with Crippen molar-refractivity contribution in [2.24, 2.45) is 0 Å². The molecular formula is C61H95Cl3SiTi. The molecule has 66 heavy (non-hydrogen) atoms. The zero-order valence-electron chi connectivity index (χ0n) is 43.8. The first kappa shape index (κ1) is 64.9. The third-order valence-corrected chi connectivity index (χ3v) is 19.0. The van der Waals surface area contributed by atoms with Gasteiger partial charge in [0.1, 0.15) is 0 Å². The zero-order valence-corrected chi connectivity index (χ0v) is 48.6. The predicted octanol–water partition coefficient (Wildman–Crippen LogP) is 7.91. The van der Waals surface area contributed by atoms with Gasteiger partial charge in [0, 0.05) is 0 Å². The van der Waals surface area contributed by atoms with Gasteiger partial charge in [0.05, 0.1) is 8.07 Å². The van der Waals surface area contributed by atoms with Crippen LogP contribution >= 0.6 is 0 Å². The number of aryl methyl sites for hydroxylation is 6. The molecule has 0 atom stereocenters. The summed E-state index contributed by atoms with van der Waals surface area (Å²) in [6.07, 6.45) is 43.8. The van der Waals surface area contributed by atoms with Crippen molar-refractivity contribution >= 4 is 23.6 Å². The molecule has 3 aromatic rings. The summed E-state index contributed by atoms with van der Waals surface area (Å²) in [6, 6.07) is 24.7. The van der Waals surface area contributed by atoms with Crippen LogP contribution < -0.4 is 52.8 Å². The summed E-state index contributed by atoms with van der Waals surface area (Å²) in [4.78, 5) is 0. The van der Waals surface area contributed by atoms with Gasteiger partial charge in [0.2, 0.25) is 0 Å². The van der Waals surface area contributed by atoms with E-state index in [1.807, 2.05) is 0 Å². The smallest absolute Gasteiger partial charge is 1.00 e. The van der Waals surface area contributed by atoms with E-state index in [4.69, 9.17) is 0 Å². The molecule has 1 aliphatic rings. The fourth-order valence-corrected chi connectivity index (χ4v) is 16.2. The number of hydrogen-bond acceptors (Lipinski definition) is 0. The Bertz CT molecular complexity index is 1530. The van der Waals surface area contributed by atoms with Crippen LogP contribution in [0.3, 0.4) is 0 Å². The monoisotopic (exact) mass is 1010 g/mol. The number of unbranched alkanes of at least 4 members (excludes halogenated alkanes) is 18. The molecule has 0 nitrogen and oxygen atoms in total. The van der Waals surface area contributed by atoms with Crippen molar-refractivity contribution in [2.75, 3.05) is 0 Å². The molecule has 0 fully saturated rings. The normalized spacial score (nSPS) is 12.3. The van der Waals surface area contributed by atoms with E-state index < -0.39 is 8.07 Å². The summed E-state index contributed by atoms with van der Waals surface area (Å²) in [5.41, 5.74) is 12.4. The quantitative estimate of drug-likeness (QED) is 0.0247. The van der Waals surface area contributed by atoms with E-state index in [2.05, 4.69) is 116 Å². The molecule has 0 amide bonds. The number of hydrogen-bond donors (Lipinski definition) is 0. The van der Waals surface area contributed by atoms with Gasteiger partial charge in [0.25, 0.3) is 0 Å². The summed E-state index contributed by atoms with van der Waals surface area (Å²) in [6.45, 7) is 18.9. The molecule has 0 radical (unpaired) electrons. The molecule has 0 unspecified atom stereocenters. The molecule has 5 heteroatoms. The van der Waals surface area contributed by atoms with Gasteiger partial charge in [-0.1, -0.05) is 248 Å². The third kappa shape index (κ3) is 21.1. The first-order valence-electron chi connectivity index (χ1n) is 27.0. The van der Waals surface area contributed by atoms with Gasteiger partial charge in [-0.2, -0.15) is 5.57 Å². The van der Waals surface area contributed by atoms with Crippen LogP contribution in [0.1, 0.15) is 249 Å². The van der Waals surface area contributed by atoms with Crippen LogP contribution in [-0.2, 0) is 60.2 Å². The second-order valence-electron chi connectivity index (χ2n) is 19.9. The number of halogens is 3. The minimum Gasteiger partial charge on any atom is -1.00 e. The molecule has 3 aromatic carbocycles. The van der Waals surface area contributed by atoms with Crippen LogP contribution in [0, 0.1) is 6.08 Å². The van der Waals surface area contributed by atoms with Crippen molar-refractivity contribution in [2.45, 2.75) is 254 Å². The summed E-state index contributed by atoms with van der Waals surface area (Å²) in [5, 5.41) is 6.72. The van der Waals surface area contributed by atoms with Gasteiger partial charge in [-0.05, 0) is 110 Å². The van der Waals surface area contributed by atoms with Crippen LogP contribution in [0.5, 0.6) is 0 Å². The van der Waals surface area contributed by atoms with Crippen molar-refractivity contribution in [1.82, 2.24) is 0 Å². The molecule has 0 bridgehead atoms. The van der Waals surface area contributed by atoms with Gasteiger partial charge in [-0.3, -0.25) is 0 Å². The largest absolute Gasteiger partial charge is 4.00 e. The Balaban J connectivity index is 0.0000106. The minimum atomic E-state index is -2.81. The van der Waals surface area contributed by atoms with Crippen LogP contribution in [0.4, 0.5) is 0 Å². The molecule has 1 aliphatic carbocycles. The van der Waals surface area contributed by atoms with E-state index in [1.54, 1.807) is 54.1 Å². The first-order chi connectivity index (χ1) is 30.3. The second-order valence-corrected chi connectivity index (χ2v) is 23.7. The van der Waals surface area contributed by atoms with Crippen molar-refractivity contribution in [3.05, 3.63) is 110 Å². The molecule has 0 saturated carbocycles. The van der Waals surface area contributed by atoms with Crippen LogP contribution in [0.25, 0.3) is 0 Å². The van der Waals surface area contributed by atoms with Crippen LogP contribution in [0.2, 0.25) is 0 Å². The fourth-order valence-electron chi connectivity index (χ4n) is 10.6. The molecule has 0 aliphatic heterocycles. The van der Waals surface area contributed by atoms with Crippen molar-refractivity contribution in [3.63, 3.8) is 0 Å². The average Bonchev–Trinajstić information content (AvgIpc) is 3.61. The molecule has 4 rings (SSSR count). The molecule has 0 heterocycles. The maximum absolute atomic E-state index is 3.99. The van der Waals surface area contributed by atoms with E-state index in [1.165, 1.54) is 204 Å². The Morgan fingerprint density at radius 2 is 0.576 bits per heavy atom. The summed E-state index contributed by atoms with van der Waals surface area (Å²) in [5.74, 6) is 0. The van der Waals surface area contributed by atoms with Gasteiger partial charge in [-0.15, -0.1) is 0 Å². The Morgan fingerprint density at radius 1 is 0.348 bits per heavy atom. The van der Waals surface area contributed by atoms with Gasteiger partial charge >= 0.3 is 21.7 Å². The van der Waals surface area contributed by atoms with E-state index in [0.29, 0.717) is 0 Å². The Morgan fingerprint density at radius 3 is 0.758 bits per heavy atom. The zero-order chi connectivity index (χ0) is 44.4. The fraction of sp³-hybridized carbons (Fsp3) is 0.639. The molecule has 0 aromatic heterocycles. The van der Waals surface area contributed by atoms with Crippen molar-refractivity contribution in [3.8, 4) is 0 Å². The topological polar surface area (TPSA) is 0 Å². The summed E-state index contributed by atoms with van der Waals surface area (Å²) < 4.78 is 0. The molecule has 0 N–H and O–H groups in total. The first-order valence-corrected chi connectivity index (χ1v) is 29.0. The number of benzene rings is 3. The van der Waals surface area contributed by atoms with Crippen molar-refractivity contribution < 1.29 is 58.9 Å². The Kier molecular flexibility index (Phi) is 37.1. The molecule has 0 spiro atoms. The second kappa shape index (κ2) is 37.7. The number of rotatable bonds is 34. The predicted molar refractivity (Wildman–Crippen MR) is 281 cm³/mol. The Hall–Kier alpha value is -1.06. The van der Waals surface area contributed by atoms with Gasteiger partial charge < -0.3 is 37.2 Å². The Labute approximate surface area is 444 Å². The summed E-state index contributed by atoms with van der Waals surface area (Å²) in [7, 11) is -2.81. The number of allylic oxidation sites excluding steroid dienone is 4. The maximum atomic E-state index is 3.99. The van der Waals surface area contributed by atoms with E-state index in [-0.39, 0.29) is 58.9 Å². The van der Waals surface area contributed by atoms with E-state index in [9.17, 15) is 0 Å². The van der Waals surface area contributed by atoms with Crippen molar-refractivity contribution in [1.29, 1.82) is 0 Å².